The summed E-state index contributed by atoms with van der Waals surface area (Å²) in [7, 11) is 0. The van der Waals surface area contributed by atoms with E-state index >= 15 is 0 Å². The molecule has 1 N–H and O–H groups in total. The Bertz CT molecular complexity index is 349. The lowest BCUT2D eigenvalue weighted by Gasteiger charge is -2.08. The number of hydrogen-bond acceptors (Lipinski definition) is 9. The summed E-state index contributed by atoms with van der Waals surface area (Å²) in [6, 6.07) is 0. The molecule has 180 valence electrons. The highest BCUT2D eigenvalue weighted by atomic mass is 35.5. The zero-order valence-electron chi connectivity index (χ0n) is 17.7. The van der Waals surface area contributed by atoms with E-state index < -0.39 is 5.97 Å². The van der Waals surface area contributed by atoms with E-state index in [4.69, 9.17) is 54.6 Å². The summed E-state index contributed by atoms with van der Waals surface area (Å²) in [5.74, 6) is -0.375. The monoisotopic (exact) mass is 460 g/mol. The van der Waals surface area contributed by atoms with Gasteiger partial charge in [0, 0.05) is 5.88 Å². The van der Waals surface area contributed by atoms with Crippen LogP contribution in [-0.4, -0.2) is 123 Å². The standard InChI is InChI=1S/C19H37ClO10/c20-2-4-24-6-8-26-10-12-28-14-16-30-18-17-29-15-13-27-11-9-25-7-5-23-3-1-19(21)22/h1-18H2,(H,21,22). The summed E-state index contributed by atoms with van der Waals surface area (Å²) in [6.07, 6.45) is 0.00421. The second kappa shape index (κ2) is 26.5. The molecule has 10 nitrogen and oxygen atoms in total. The first kappa shape index (κ1) is 29.4. The van der Waals surface area contributed by atoms with Crippen molar-refractivity contribution < 1.29 is 47.8 Å². The molecule has 0 aliphatic heterocycles. The van der Waals surface area contributed by atoms with Crippen LogP contribution in [0.3, 0.4) is 0 Å². The summed E-state index contributed by atoms with van der Waals surface area (Å²) in [6.45, 7) is 7.59. The molecule has 30 heavy (non-hydrogen) atoms. The van der Waals surface area contributed by atoms with E-state index in [9.17, 15) is 4.79 Å². The van der Waals surface area contributed by atoms with Gasteiger partial charge in [-0.05, 0) is 0 Å². The molecule has 0 aromatic rings. The van der Waals surface area contributed by atoms with E-state index in [0.717, 1.165) is 0 Å². The molecular weight excluding hydrogens is 424 g/mol. The minimum absolute atomic E-state index is 0.00421. The predicted octanol–water partition coefficient (Wildman–Crippen LogP) is 0.833. The van der Waals surface area contributed by atoms with Crippen LogP contribution in [0.5, 0.6) is 0 Å². The molecule has 0 aliphatic rings. The van der Waals surface area contributed by atoms with Gasteiger partial charge in [0.2, 0.25) is 0 Å². The normalized spacial score (nSPS) is 11.2. The van der Waals surface area contributed by atoms with Gasteiger partial charge in [0.25, 0.3) is 0 Å². The second-order valence-corrected chi connectivity index (χ2v) is 6.11. The third-order valence-corrected chi connectivity index (χ3v) is 3.44. The Balaban J connectivity index is 2.99. The highest BCUT2D eigenvalue weighted by Gasteiger charge is 1.97. The molecule has 11 heteroatoms. The summed E-state index contributed by atoms with van der Waals surface area (Å²) in [5.41, 5.74) is 0. The molecule has 0 amide bonds. The maximum Gasteiger partial charge on any atom is 0.305 e. The number of hydrogen-bond donors (Lipinski definition) is 1. The highest BCUT2D eigenvalue weighted by molar-refractivity contribution is 6.17. The van der Waals surface area contributed by atoms with Gasteiger partial charge in [0.1, 0.15) is 0 Å². The fraction of sp³-hybridized carbons (Fsp3) is 0.947. The van der Waals surface area contributed by atoms with Crippen LogP contribution in [-0.2, 0) is 42.7 Å². The smallest absolute Gasteiger partial charge is 0.305 e. The van der Waals surface area contributed by atoms with Crippen molar-refractivity contribution in [3.05, 3.63) is 0 Å². The van der Waals surface area contributed by atoms with Crippen LogP contribution in [0, 0.1) is 0 Å². The number of halogens is 1. The number of ether oxygens (including phenoxy) is 8. The van der Waals surface area contributed by atoms with Crippen LogP contribution in [0.25, 0.3) is 0 Å². The third-order valence-electron chi connectivity index (χ3n) is 3.29. The summed E-state index contributed by atoms with van der Waals surface area (Å²) in [5, 5.41) is 8.44. The van der Waals surface area contributed by atoms with Gasteiger partial charge in [-0.3, -0.25) is 4.79 Å². The van der Waals surface area contributed by atoms with E-state index in [-0.39, 0.29) is 13.0 Å². The number of carboxylic acids is 1. The lowest BCUT2D eigenvalue weighted by atomic mass is 10.5. The van der Waals surface area contributed by atoms with Crippen LogP contribution in [0.1, 0.15) is 6.42 Å². The molecule has 0 radical (unpaired) electrons. The Hall–Kier alpha value is -0.560. The van der Waals surface area contributed by atoms with Crippen LogP contribution in [0.15, 0.2) is 0 Å². The fourth-order valence-electron chi connectivity index (χ4n) is 1.86. The summed E-state index contributed by atoms with van der Waals surface area (Å²) in [4.78, 5) is 10.3. The van der Waals surface area contributed by atoms with Gasteiger partial charge in [-0.2, -0.15) is 0 Å². The van der Waals surface area contributed by atoms with Crippen molar-refractivity contribution >= 4 is 17.6 Å². The number of rotatable bonds is 26. The van der Waals surface area contributed by atoms with Crippen molar-refractivity contribution in [1.82, 2.24) is 0 Å². The molecule has 0 aliphatic carbocycles. The molecule has 0 saturated heterocycles. The molecule has 0 unspecified atom stereocenters. The number of carboxylic acid groups (broad SMARTS) is 1. The number of alkyl halides is 1. The van der Waals surface area contributed by atoms with E-state index in [0.29, 0.717) is 105 Å². The Morgan fingerprint density at radius 3 is 0.933 bits per heavy atom. The van der Waals surface area contributed by atoms with E-state index in [1.807, 2.05) is 0 Å². The highest BCUT2D eigenvalue weighted by Crippen LogP contribution is 1.87. The van der Waals surface area contributed by atoms with Gasteiger partial charge < -0.3 is 43.0 Å². The fourth-order valence-corrected chi connectivity index (χ4v) is 1.96. The second-order valence-electron chi connectivity index (χ2n) is 5.73. The third kappa shape index (κ3) is 27.4. The predicted molar refractivity (Wildman–Crippen MR) is 110 cm³/mol. The molecule has 0 rings (SSSR count). The Labute approximate surface area is 183 Å². The SMILES string of the molecule is O=C(O)CCOCCOCCOCCOCCOCCOCCOCCOCCCl. The molecule has 0 spiro atoms. The Morgan fingerprint density at radius 1 is 0.467 bits per heavy atom. The molecule has 0 atom stereocenters. The van der Waals surface area contributed by atoms with Gasteiger partial charge in [-0.15, -0.1) is 11.6 Å². The first-order valence-electron chi connectivity index (χ1n) is 10.2. The topological polar surface area (TPSA) is 111 Å². The molecule has 0 aromatic heterocycles. The quantitative estimate of drug-likeness (QED) is 0.147. The molecule has 0 heterocycles. The Morgan fingerprint density at radius 2 is 0.700 bits per heavy atom. The van der Waals surface area contributed by atoms with Gasteiger partial charge in [-0.1, -0.05) is 0 Å². The maximum atomic E-state index is 10.3. The first-order valence-corrected chi connectivity index (χ1v) is 10.7. The van der Waals surface area contributed by atoms with Crippen molar-refractivity contribution in [2.24, 2.45) is 0 Å². The van der Waals surface area contributed by atoms with E-state index in [2.05, 4.69) is 0 Å². The zero-order valence-corrected chi connectivity index (χ0v) is 18.5. The van der Waals surface area contributed by atoms with Crippen molar-refractivity contribution in [3.8, 4) is 0 Å². The van der Waals surface area contributed by atoms with Crippen LogP contribution < -0.4 is 0 Å². The molecule has 0 aromatic carbocycles. The number of carbonyl (C=O) groups is 1. The molecule has 0 saturated carbocycles. The minimum Gasteiger partial charge on any atom is -0.481 e. The minimum atomic E-state index is -0.870. The van der Waals surface area contributed by atoms with Crippen molar-refractivity contribution in [3.63, 3.8) is 0 Å². The largest absolute Gasteiger partial charge is 0.481 e. The van der Waals surface area contributed by atoms with Crippen LogP contribution in [0.4, 0.5) is 0 Å². The van der Waals surface area contributed by atoms with Gasteiger partial charge in [-0.25, -0.2) is 0 Å². The maximum absolute atomic E-state index is 10.3. The molecule has 0 bridgehead atoms. The first-order chi connectivity index (χ1) is 14.8. The van der Waals surface area contributed by atoms with Gasteiger partial charge >= 0.3 is 5.97 Å². The zero-order chi connectivity index (χ0) is 22.0. The van der Waals surface area contributed by atoms with Gasteiger partial charge in [0.15, 0.2) is 0 Å². The summed E-state index contributed by atoms with van der Waals surface area (Å²) >= 11 is 5.48. The lowest BCUT2D eigenvalue weighted by Crippen LogP contribution is -2.15. The van der Waals surface area contributed by atoms with Crippen molar-refractivity contribution in [2.45, 2.75) is 6.42 Å². The lowest BCUT2D eigenvalue weighted by molar-refractivity contribution is -0.138. The van der Waals surface area contributed by atoms with E-state index in [1.165, 1.54) is 0 Å². The van der Waals surface area contributed by atoms with Crippen molar-refractivity contribution in [2.75, 3.05) is 112 Å². The number of aliphatic carboxylic acids is 1. The molecular formula is C19H37ClO10. The molecule has 0 fully saturated rings. The van der Waals surface area contributed by atoms with Crippen molar-refractivity contribution in [1.29, 1.82) is 0 Å². The van der Waals surface area contributed by atoms with Crippen LogP contribution in [0.2, 0.25) is 0 Å². The average Bonchev–Trinajstić information content (AvgIpc) is 2.73. The Kier molecular flexibility index (Phi) is 26.0. The van der Waals surface area contributed by atoms with E-state index in [1.54, 1.807) is 0 Å². The summed E-state index contributed by atoms with van der Waals surface area (Å²) < 4.78 is 42.4. The average molecular weight is 461 g/mol. The van der Waals surface area contributed by atoms with Crippen LogP contribution >= 0.6 is 11.6 Å². The van der Waals surface area contributed by atoms with Gasteiger partial charge in [0.05, 0.1) is 112 Å².